The van der Waals surface area contributed by atoms with Crippen molar-refractivity contribution in [1.82, 2.24) is 19.7 Å². The molecule has 27 heavy (non-hydrogen) atoms. The minimum absolute atomic E-state index is 0.0191. The number of amides is 2. The molecule has 1 aliphatic heterocycles. The zero-order valence-corrected chi connectivity index (χ0v) is 18.4. The van der Waals surface area contributed by atoms with Crippen LogP contribution in [0.25, 0.3) is 0 Å². The Morgan fingerprint density at radius 1 is 1.26 bits per heavy atom. The molecule has 1 aliphatic rings. The molecule has 0 N–H and O–H groups in total. The highest BCUT2D eigenvalue weighted by molar-refractivity contribution is 5.94. The quantitative estimate of drug-likeness (QED) is 0.634. The SMILES string of the molecule is C=C(CC)N(C)/N=C1/CCN(C(=O)C(C)(C)N(C)C(=O)CN(C)C)CC1C. The van der Waals surface area contributed by atoms with Gasteiger partial charge >= 0.3 is 0 Å². The number of piperidine rings is 1. The first-order valence-corrected chi connectivity index (χ1v) is 9.61. The molecule has 1 fully saturated rings. The molecule has 0 aromatic heterocycles. The van der Waals surface area contributed by atoms with E-state index in [0.717, 1.165) is 24.3 Å². The van der Waals surface area contributed by atoms with Gasteiger partial charge in [0.2, 0.25) is 11.8 Å². The second-order valence-electron chi connectivity index (χ2n) is 8.19. The molecule has 1 heterocycles. The van der Waals surface area contributed by atoms with E-state index >= 15 is 0 Å². The van der Waals surface area contributed by atoms with Crippen LogP contribution in [0, 0.1) is 5.92 Å². The number of likely N-dealkylation sites (tertiary alicyclic amines) is 1. The molecule has 0 bridgehead atoms. The summed E-state index contributed by atoms with van der Waals surface area (Å²) in [6.07, 6.45) is 1.59. The molecule has 0 spiro atoms. The van der Waals surface area contributed by atoms with E-state index in [1.807, 2.05) is 49.8 Å². The van der Waals surface area contributed by atoms with Gasteiger partial charge < -0.3 is 14.7 Å². The lowest BCUT2D eigenvalue weighted by Crippen LogP contribution is -2.59. The summed E-state index contributed by atoms with van der Waals surface area (Å²) >= 11 is 0. The zero-order valence-electron chi connectivity index (χ0n) is 18.4. The van der Waals surface area contributed by atoms with Crippen LogP contribution in [0.3, 0.4) is 0 Å². The van der Waals surface area contributed by atoms with Gasteiger partial charge in [-0.3, -0.25) is 14.6 Å². The average Bonchev–Trinajstić information content (AvgIpc) is 2.60. The molecule has 0 saturated carbocycles. The summed E-state index contributed by atoms with van der Waals surface area (Å²) in [5.74, 6) is 0.0908. The molecule has 7 nitrogen and oxygen atoms in total. The highest BCUT2D eigenvalue weighted by Crippen LogP contribution is 2.22. The lowest BCUT2D eigenvalue weighted by molar-refractivity contribution is -0.151. The van der Waals surface area contributed by atoms with Crippen LogP contribution in [0.5, 0.6) is 0 Å². The maximum Gasteiger partial charge on any atom is 0.247 e. The molecular formula is C20H37N5O2. The lowest BCUT2D eigenvalue weighted by Gasteiger charge is -2.41. The summed E-state index contributed by atoms with van der Waals surface area (Å²) in [6, 6.07) is 0. The highest BCUT2D eigenvalue weighted by atomic mass is 16.2. The van der Waals surface area contributed by atoms with Crippen molar-refractivity contribution < 1.29 is 9.59 Å². The monoisotopic (exact) mass is 379 g/mol. The molecule has 154 valence electrons. The van der Waals surface area contributed by atoms with E-state index in [2.05, 4.69) is 25.5 Å². The number of rotatable bonds is 7. The second kappa shape index (κ2) is 9.35. The summed E-state index contributed by atoms with van der Waals surface area (Å²) in [4.78, 5) is 30.8. The largest absolute Gasteiger partial charge is 0.340 e. The van der Waals surface area contributed by atoms with Gasteiger partial charge in [-0.1, -0.05) is 20.4 Å². The molecule has 1 saturated heterocycles. The molecule has 7 heteroatoms. The van der Waals surface area contributed by atoms with Crippen LogP contribution in [0.4, 0.5) is 0 Å². The average molecular weight is 380 g/mol. The molecule has 0 aromatic rings. The molecule has 1 rings (SSSR count). The summed E-state index contributed by atoms with van der Waals surface area (Å²) < 4.78 is 0. The van der Waals surface area contributed by atoms with E-state index in [1.165, 1.54) is 0 Å². The van der Waals surface area contributed by atoms with Gasteiger partial charge in [0.1, 0.15) is 5.54 Å². The van der Waals surface area contributed by atoms with Crippen LogP contribution in [0.15, 0.2) is 17.4 Å². The first-order valence-electron chi connectivity index (χ1n) is 9.61. The minimum atomic E-state index is -0.880. The van der Waals surface area contributed by atoms with Crippen LogP contribution in [-0.4, -0.2) is 90.6 Å². The summed E-state index contributed by atoms with van der Waals surface area (Å²) in [5.41, 5.74) is 1.18. The standard InChI is InChI=1S/C20H37N5O2/c1-10-16(3)24(9)21-17-11-12-25(13-15(17)2)19(27)20(4,5)23(8)18(26)14-22(6)7/h15H,3,10-14H2,1-2,4-9H3/b21-17-. The predicted molar refractivity (Wildman–Crippen MR) is 110 cm³/mol. The second-order valence-corrected chi connectivity index (χ2v) is 8.19. The topological polar surface area (TPSA) is 59.5 Å². The number of nitrogens with zero attached hydrogens (tertiary/aromatic N) is 5. The minimum Gasteiger partial charge on any atom is -0.340 e. The van der Waals surface area contributed by atoms with Gasteiger partial charge in [-0.15, -0.1) is 0 Å². The van der Waals surface area contributed by atoms with Crippen molar-refractivity contribution in [1.29, 1.82) is 0 Å². The molecule has 0 aliphatic carbocycles. The van der Waals surface area contributed by atoms with Crippen molar-refractivity contribution in [2.24, 2.45) is 11.0 Å². The van der Waals surface area contributed by atoms with Crippen LogP contribution < -0.4 is 0 Å². The first kappa shape index (κ1) is 23.1. The summed E-state index contributed by atoms with van der Waals surface area (Å²) in [6.45, 7) is 13.3. The first-order chi connectivity index (χ1) is 12.4. The van der Waals surface area contributed by atoms with Gasteiger partial charge in [-0.05, 0) is 34.4 Å². The van der Waals surface area contributed by atoms with Gasteiger partial charge in [0, 0.05) is 50.9 Å². The Balaban J connectivity index is 2.82. The lowest BCUT2D eigenvalue weighted by atomic mass is 9.94. The normalized spacial score (nSPS) is 19.4. The molecule has 0 aromatic carbocycles. The number of likely N-dealkylation sites (N-methyl/N-ethyl adjacent to an activating group) is 2. The van der Waals surface area contributed by atoms with E-state index in [-0.39, 0.29) is 24.3 Å². The Labute approximate surface area is 164 Å². The number of carbonyl (C=O) groups excluding carboxylic acids is 2. The van der Waals surface area contributed by atoms with E-state index in [9.17, 15) is 9.59 Å². The number of hydrogen-bond donors (Lipinski definition) is 0. The maximum atomic E-state index is 13.1. The smallest absolute Gasteiger partial charge is 0.247 e. The molecular weight excluding hydrogens is 342 g/mol. The molecule has 1 unspecified atom stereocenters. The molecule has 2 amide bonds. The van der Waals surface area contributed by atoms with E-state index in [4.69, 9.17) is 0 Å². The fraction of sp³-hybridized carbons (Fsp3) is 0.750. The Kier molecular flexibility index (Phi) is 8.02. The third-order valence-electron chi connectivity index (χ3n) is 5.32. The van der Waals surface area contributed by atoms with Crippen molar-refractivity contribution in [3.8, 4) is 0 Å². The van der Waals surface area contributed by atoms with Gasteiger partial charge in [-0.25, -0.2) is 0 Å². The van der Waals surface area contributed by atoms with Crippen LogP contribution in [-0.2, 0) is 9.59 Å². The van der Waals surface area contributed by atoms with Crippen molar-refractivity contribution in [3.05, 3.63) is 12.3 Å². The van der Waals surface area contributed by atoms with Gasteiger partial charge in [-0.2, -0.15) is 5.10 Å². The van der Waals surface area contributed by atoms with Gasteiger partial charge in [0.05, 0.1) is 6.54 Å². The Morgan fingerprint density at radius 2 is 1.85 bits per heavy atom. The zero-order chi connectivity index (χ0) is 20.9. The maximum absolute atomic E-state index is 13.1. The molecule has 0 radical (unpaired) electrons. The van der Waals surface area contributed by atoms with Crippen LogP contribution in [0.1, 0.15) is 40.5 Å². The van der Waals surface area contributed by atoms with E-state index in [0.29, 0.717) is 13.1 Å². The van der Waals surface area contributed by atoms with Crippen LogP contribution >= 0.6 is 0 Å². The van der Waals surface area contributed by atoms with Gasteiger partial charge in [0.15, 0.2) is 0 Å². The number of carbonyl (C=O) groups is 2. The Hall–Kier alpha value is -1.89. The fourth-order valence-corrected chi connectivity index (χ4v) is 3.07. The summed E-state index contributed by atoms with van der Waals surface area (Å²) in [5, 5.41) is 6.52. The third-order valence-corrected chi connectivity index (χ3v) is 5.32. The fourth-order valence-electron chi connectivity index (χ4n) is 3.07. The van der Waals surface area contributed by atoms with Crippen LogP contribution in [0.2, 0.25) is 0 Å². The van der Waals surface area contributed by atoms with Crippen molar-refractivity contribution in [2.45, 2.75) is 46.1 Å². The molecule has 1 atom stereocenters. The summed E-state index contributed by atoms with van der Waals surface area (Å²) in [7, 11) is 7.31. The Morgan fingerprint density at radius 3 is 2.33 bits per heavy atom. The highest BCUT2D eigenvalue weighted by Gasteiger charge is 2.40. The number of hydrogen-bond acceptors (Lipinski definition) is 5. The third kappa shape index (κ3) is 5.79. The van der Waals surface area contributed by atoms with Crippen molar-refractivity contribution >= 4 is 17.5 Å². The van der Waals surface area contributed by atoms with Crippen molar-refractivity contribution in [2.75, 3.05) is 47.8 Å². The van der Waals surface area contributed by atoms with E-state index < -0.39 is 5.54 Å². The number of allylic oxidation sites excluding steroid dienone is 1. The van der Waals surface area contributed by atoms with Gasteiger partial charge in [0.25, 0.3) is 0 Å². The number of hydrazone groups is 1. The van der Waals surface area contributed by atoms with Crippen molar-refractivity contribution in [3.63, 3.8) is 0 Å². The van der Waals surface area contributed by atoms with E-state index in [1.54, 1.807) is 11.9 Å². The Bertz CT molecular complexity index is 597. The predicted octanol–water partition coefficient (Wildman–Crippen LogP) is 1.86.